The molecule has 1 aromatic heterocycles. The van der Waals surface area contributed by atoms with Crippen LogP contribution in [-0.2, 0) is 11.2 Å². The second kappa shape index (κ2) is 7.52. The summed E-state index contributed by atoms with van der Waals surface area (Å²) in [6.45, 7) is 0. The third-order valence-corrected chi connectivity index (χ3v) is 3.07. The van der Waals surface area contributed by atoms with Gasteiger partial charge in [0.05, 0.1) is 6.20 Å². The fourth-order valence-electron chi connectivity index (χ4n) is 2.02. The maximum atomic E-state index is 10.2. The van der Waals surface area contributed by atoms with E-state index in [0.29, 0.717) is 6.42 Å². The number of rotatable bonds is 8. The quantitative estimate of drug-likeness (QED) is 0.529. The van der Waals surface area contributed by atoms with Crippen LogP contribution in [0.15, 0.2) is 40.9 Å². The molecule has 0 unspecified atom stereocenters. The van der Waals surface area contributed by atoms with E-state index in [4.69, 9.17) is 4.42 Å². The van der Waals surface area contributed by atoms with E-state index in [1.54, 1.807) is 6.20 Å². The van der Waals surface area contributed by atoms with Crippen molar-refractivity contribution in [2.24, 2.45) is 0 Å². The molecule has 0 aliphatic heterocycles. The van der Waals surface area contributed by atoms with Crippen LogP contribution in [0, 0.1) is 0 Å². The van der Waals surface area contributed by atoms with Crippen molar-refractivity contribution in [3.63, 3.8) is 0 Å². The first kappa shape index (κ1) is 13.5. The molecule has 1 heterocycles. The van der Waals surface area contributed by atoms with Crippen molar-refractivity contribution in [2.75, 3.05) is 0 Å². The van der Waals surface area contributed by atoms with Crippen LogP contribution in [0.3, 0.4) is 0 Å². The molecule has 0 aliphatic carbocycles. The molecule has 100 valence electrons. The van der Waals surface area contributed by atoms with Gasteiger partial charge in [-0.05, 0) is 12.8 Å². The summed E-state index contributed by atoms with van der Waals surface area (Å²) in [5.74, 6) is 1.63. The molecule has 1 aromatic carbocycles. The van der Waals surface area contributed by atoms with E-state index < -0.39 is 0 Å². The van der Waals surface area contributed by atoms with Crippen LogP contribution >= 0.6 is 0 Å². The van der Waals surface area contributed by atoms with Crippen molar-refractivity contribution in [1.29, 1.82) is 0 Å². The number of nitrogens with zero attached hydrogens (tertiary/aromatic N) is 1. The molecule has 0 aliphatic rings. The lowest BCUT2D eigenvalue weighted by atomic mass is 10.1. The number of oxazole rings is 1. The van der Waals surface area contributed by atoms with E-state index in [1.165, 1.54) is 0 Å². The Morgan fingerprint density at radius 2 is 1.84 bits per heavy atom. The van der Waals surface area contributed by atoms with Crippen molar-refractivity contribution in [1.82, 2.24) is 4.98 Å². The van der Waals surface area contributed by atoms with Crippen LogP contribution in [0.1, 0.15) is 38.0 Å². The minimum absolute atomic E-state index is 0.678. The van der Waals surface area contributed by atoms with Gasteiger partial charge in [-0.15, -0.1) is 0 Å². The summed E-state index contributed by atoms with van der Waals surface area (Å²) in [4.78, 5) is 14.5. The molecule has 0 fully saturated rings. The second-order valence-electron chi connectivity index (χ2n) is 4.60. The van der Waals surface area contributed by atoms with Crippen molar-refractivity contribution < 1.29 is 9.21 Å². The first-order valence-corrected chi connectivity index (χ1v) is 6.84. The largest absolute Gasteiger partial charge is 0.441 e. The summed E-state index contributed by atoms with van der Waals surface area (Å²) in [5.41, 5.74) is 1.06. The Labute approximate surface area is 113 Å². The zero-order valence-corrected chi connectivity index (χ0v) is 11.0. The number of hydrogen-bond donors (Lipinski definition) is 0. The molecule has 3 heteroatoms. The second-order valence-corrected chi connectivity index (χ2v) is 4.60. The van der Waals surface area contributed by atoms with Crippen LogP contribution in [0.2, 0.25) is 0 Å². The lowest BCUT2D eigenvalue weighted by Crippen LogP contribution is -1.86. The van der Waals surface area contributed by atoms with Gasteiger partial charge < -0.3 is 9.21 Å². The van der Waals surface area contributed by atoms with E-state index in [1.807, 2.05) is 30.3 Å². The highest BCUT2D eigenvalue weighted by molar-refractivity contribution is 5.55. The third kappa shape index (κ3) is 4.36. The van der Waals surface area contributed by atoms with Gasteiger partial charge in [0.15, 0.2) is 11.7 Å². The molecule has 0 saturated carbocycles. The topological polar surface area (TPSA) is 43.1 Å². The standard InChI is InChI=1S/C16H19NO2/c18-12-8-3-1-2-7-11-16-17-13-15(19-16)14-9-5-4-6-10-14/h4-6,9-10,12-13H,1-3,7-8,11H2. The molecule has 0 spiro atoms. The molecule has 3 nitrogen and oxygen atoms in total. The Kier molecular flexibility index (Phi) is 5.35. The van der Waals surface area contributed by atoms with Crippen LogP contribution in [0.4, 0.5) is 0 Å². The number of hydrogen-bond acceptors (Lipinski definition) is 3. The van der Waals surface area contributed by atoms with Crippen molar-refractivity contribution in [2.45, 2.75) is 38.5 Å². The van der Waals surface area contributed by atoms with Gasteiger partial charge in [-0.25, -0.2) is 4.98 Å². The van der Waals surface area contributed by atoms with Gasteiger partial charge >= 0.3 is 0 Å². The maximum Gasteiger partial charge on any atom is 0.194 e. The number of unbranched alkanes of at least 4 members (excludes halogenated alkanes) is 4. The summed E-state index contributed by atoms with van der Waals surface area (Å²) in [6, 6.07) is 10.0. The average molecular weight is 257 g/mol. The number of benzene rings is 1. The highest BCUT2D eigenvalue weighted by Gasteiger charge is 2.05. The molecule has 19 heavy (non-hydrogen) atoms. The first-order valence-electron chi connectivity index (χ1n) is 6.84. The molecule has 2 aromatic rings. The molecule has 0 saturated heterocycles. The number of aldehydes is 1. The molecule has 0 radical (unpaired) electrons. The first-order chi connectivity index (χ1) is 9.40. The summed E-state index contributed by atoms with van der Waals surface area (Å²) in [7, 11) is 0. The average Bonchev–Trinajstić information content (AvgIpc) is 2.92. The van der Waals surface area contributed by atoms with Gasteiger partial charge in [0, 0.05) is 18.4 Å². The normalized spacial score (nSPS) is 10.5. The van der Waals surface area contributed by atoms with Gasteiger partial charge in [-0.2, -0.15) is 0 Å². The Morgan fingerprint density at radius 1 is 1.05 bits per heavy atom. The molecular formula is C16H19NO2. The zero-order valence-electron chi connectivity index (χ0n) is 11.0. The number of carbonyl (C=O) groups excluding carboxylic acids is 1. The Balaban J connectivity index is 1.77. The van der Waals surface area contributed by atoms with E-state index in [9.17, 15) is 4.79 Å². The van der Waals surface area contributed by atoms with Crippen LogP contribution in [0.5, 0.6) is 0 Å². The lowest BCUT2D eigenvalue weighted by Gasteiger charge is -1.97. The Morgan fingerprint density at radius 3 is 2.63 bits per heavy atom. The van der Waals surface area contributed by atoms with E-state index in [-0.39, 0.29) is 0 Å². The molecule has 2 rings (SSSR count). The summed E-state index contributed by atoms with van der Waals surface area (Å²) in [5, 5.41) is 0. The fourth-order valence-corrected chi connectivity index (χ4v) is 2.02. The summed E-state index contributed by atoms with van der Waals surface area (Å²) >= 11 is 0. The number of carbonyl (C=O) groups is 1. The van der Waals surface area contributed by atoms with Gasteiger partial charge in [0.25, 0.3) is 0 Å². The summed E-state index contributed by atoms with van der Waals surface area (Å²) in [6.07, 6.45) is 8.60. The summed E-state index contributed by atoms with van der Waals surface area (Å²) < 4.78 is 5.73. The van der Waals surface area contributed by atoms with Gasteiger partial charge in [0.2, 0.25) is 0 Å². The van der Waals surface area contributed by atoms with Crippen LogP contribution < -0.4 is 0 Å². The monoisotopic (exact) mass is 257 g/mol. The molecule has 0 atom stereocenters. The van der Waals surface area contributed by atoms with Gasteiger partial charge in [-0.3, -0.25) is 0 Å². The molecule has 0 amide bonds. The third-order valence-electron chi connectivity index (χ3n) is 3.07. The zero-order chi connectivity index (χ0) is 13.3. The highest BCUT2D eigenvalue weighted by atomic mass is 16.4. The predicted octanol–water partition coefficient (Wildman–Crippen LogP) is 4.03. The van der Waals surface area contributed by atoms with E-state index in [0.717, 1.165) is 55.6 Å². The van der Waals surface area contributed by atoms with E-state index >= 15 is 0 Å². The van der Waals surface area contributed by atoms with E-state index in [2.05, 4.69) is 4.98 Å². The lowest BCUT2D eigenvalue weighted by molar-refractivity contribution is -0.107. The Bertz CT molecular complexity index is 490. The smallest absolute Gasteiger partial charge is 0.194 e. The highest BCUT2D eigenvalue weighted by Crippen LogP contribution is 2.20. The minimum atomic E-state index is 0.678. The number of aryl methyl sites for hydroxylation is 1. The fraction of sp³-hybridized carbons (Fsp3) is 0.375. The molecular weight excluding hydrogens is 238 g/mol. The van der Waals surface area contributed by atoms with Gasteiger partial charge in [0.1, 0.15) is 6.29 Å². The predicted molar refractivity (Wildman–Crippen MR) is 74.8 cm³/mol. The number of aromatic nitrogens is 1. The van der Waals surface area contributed by atoms with Crippen LogP contribution in [0.25, 0.3) is 11.3 Å². The van der Waals surface area contributed by atoms with Crippen LogP contribution in [-0.4, -0.2) is 11.3 Å². The SMILES string of the molecule is O=CCCCCCCc1ncc(-c2ccccc2)o1. The maximum absolute atomic E-state index is 10.2. The Hall–Kier alpha value is -1.90. The minimum Gasteiger partial charge on any atom is -0.441 e. The molecule has 0 N–H and O–H groups in total. The van der Waals surface area contributed by atoms with Crippen molar-refractivity contribution >= 4 is 6.29 Å². The van der Waals surface area contributed by atoms with Crippen molar-refractivity contribution in [3.8, 4) is 11.3 Å². The van der Waals surface area contributed by atoms with Crippen molar-refractivity contribution in [3.05, 3.63) is 42.4 Å². The van der Waals surface area contributed by atoms with Gasteiger partial charge in [-0.1, -0.05) is 43.2 Å². The molecule has 0 bridgehead atoms.